The Labute approximate surface area is 87.2 Å². The molecule has 0 radical (unpaired) electrons. The molecule has 0 fully saturated rings. The minimum absolute atomic E-state index is 0.0299. The normalized spacial score (nSPS) is 11.2. The lowest BCUT2D eigenvalue weighted by Crippen LogP contribution is -2.42. The van der Waals surface area contributed by atoms with Gasteiger partial charge in [0, 0.05) is 0 Å². The predicted molar refractivity (Wildman–Crippen MR) is 49.3 cm³/mol. The zero-order valence-electron chi connectivity index (χ0n) is 8.72. The minimum Gasteiger partial charge on any atom is -0.375 e. The molecular weight excluding hydrogens is 206 g/mol. The van der Waals surface area contributed by atoms with Crippen molar-refractivity contribution in [2.75, 3.05) is 13.2 Å². The summed E-state index contributed by atoms with van der Waals surface area (Å²) in [5.74, 6) is -0.393. The second-order valence-electron chi connectivity index (χ2n) is 3.50. The number of hydrogen-bond donors (Lipinski definition) is 1. The van der Waals surface area contributed by atoms with Crippen molar-refractivity contribution in [1.29, 1.82) is 5.26 Å². The van der Waals surface area contributed by atoms with Crippen molar-refractivity contribution in [3.8, 4) is 6.07 Å². The number of rotatable bonds is 6. The third-order valence-electron chi connectivity index (χ3n) is 1.45. The van der Waals surface area contributed by atoms with Gasteiger partial charge in [0.15, 0.2) is 0 Å². The quantitative estimate of drug-likeness (QED) is 0.681. The summed E-state index contributed by atoms with van der Waals surface area (Å²) in [6.45, 7) is 2.35. The molecule has 0 aliphatic rings. The van der Waals surface area contributed by atoms with E-state index < -0.39 is 24.5 Å². The highest BCUT2D eigenvalue weighted by Crippen LogP contribution is 2.00. The first kappa shape index (κ1) is 13.8. The highest BCUT2D eigenvalue weighted by molar-refractivity contribution is 5.77. The topological polar surface area (TPSA) is 62.1 Å². The SMILES string of the molecule is CC(C)(C#N)NC(=O)CCOCC(F)F. The number of ether oxygens (including phenoxy) is 1. The fourth-order valence-electron chi connectivity index (χ4n) is 0.776. The fraction of sp³-hybridized carbons (Fsp3) is 0.778. The Hall–Kier alpha value is -1.22. The molecular formula is C9H14F2N2O2. The van der Waals surface area contributed by atoms with Crippen LogP contribution >= 0.6 is 0 Å². The molecule has 0 rings (SSSR count). The molecule has 0 bridgehead atoms. The van der Waals surface area contributed by atoms with Gasteiger partial charge < -0.3 is 10.1 Å². The predicted octanol–water partition coefficient (Wildman–Crippen LogP) is 1.08. The molecule has 0 heterocycles. The first-order chi connectivity index (χ1) is 6.87. The minimum atomic E-state index is -2.52. The van der Waals surface area contributed by atoms with Gasteiger partial charge in [-0.15, -0.1) is 0 Å². The first-order valence-corrected chi connectivity index (χ1v) is 4.45. The van der Waals surface area contributed by atoms with Gasteiger partial charge in [0.1, 0.15) is 12.1 Å². The van der Waals surface area contributed by atoms with Crippen LogP contribution in [0, 0.1) is 11.3 Å². The van der Waals surface area contributed by atoms with Crippen LogP contribution in [0.1, 0.15) is 20.3 Å². The van der Waals surface area contributed by atoms with E-state index in [0.717, 1.165) is 0 Å². The lowest BCUT2D eigenvalue weighted by atomic mass is 10.1. The van der Waals surface area contributed by atoms with Gasteiger partial charge in [0.25, 0.3) is 6.43 Å². The molecule has 0 saturated carbocycles. The van der Waals surface area contributed by atoms with Crippen LogP contribution in [-0.4, -0.2) is 31.1 Å². The molecule has 0 aromatic heterocycles. The number of nitriles is 1. The van der Waals surface area contributed by atoms with Gasteiger partial charge in [-0.25, -0.2) is 8.78 Å². The van der Waals surface area contributed by atoms with Gasteiger partial charge in [0.2, 0.25) is 5.91 Å². The molecule has 0 aromatic carbocycles. The van der Waals surface area contributed by atoms with Crippen LogP contribution in [0.25, 0.3) is 0 Å². The number of hydrogen-bond acceptors (Lipinski definition) is 3. The molecule has 0 aliphatic heterocycles. The van der Waals surface area contributed by atoms with Crippen LogP contribution in [0.2, 0.25) is 0 Å². The van der Waals surface area contributed by atoms with Crippen LogP contribution < -0.4 is 5.32 Å². The van der Waals surface area contributed by atoms with Gasteiger partial charge in [0.05, 0.1) is 19.1 Å². The molecule has 0 unspecified atom stereocenters. The third kappa shape index (κ3) is 7.82. The Balaban J connectivity index is 3.64. The van der Waals surface area contributed by atoms with Gasteiger partial charge in [-0.1, -0.05) is 0 Å². The zero-order valence-corrected chi connectivity index (χ0v) is 8.72. The number of alkyl halides is 2. The van der Waals surface area contributed by atoms with Crippen molar-refractivity contribution < 1.29 is 18.3 Å². The number of halogens is 2. The number of nitrogens with one attached hydrogen (secondary N) is 1. The Kier molecular flexibility index (Phi) is 5.79. The zero-order chi connectivity index (χ0) is 11.9. The van der Waals surface area contributed by atoms with Gasteiger partial charge >= 0.3 is 0 Å². The summed E-state index contributed by atoms with van der Waals surface area (Å²) in [6, 6.07) is 1.89. The summed E-state index contributed by atoms with van der Waals surface area (Å²) in [7, 11) is 0. The highest BCUT2D eigenvalue weighted by atomic mass is 19.3. The van der Waals surface area contributed by atoms with Gasteiger partial charge in [-0.05, 0) is 13.8 Å². The van der Waals surface area contributed by atoms with E-state index in [1.54, 1.807) is 13.8 Å². The second-order valence-corrected chi connectivity index (χ2v) is 3.50. The Morgan fingerprint density at radius 3 is 2.67 bits per heavy atom. The van der Waals surface area contributed by atoms with Crippen LogP contribution in [-0.2, 0) is 9.53 Å². The summed E-state index contributed by atoms with van der Waals surface area (Å²) >= 11 is 0. The molecule has 15 heavy (non-hydrogen) atoms. The van der Waals surface area contributed by atoms with E-state index in [-0.39, 0.29) is 13.0 Å². The Morgan fingerprint density at radius 2 is 2.20 bits per heavy atom. The van der Waals surface area contributed by atoms with E-state index in [0.29, 0.717) is 0 Å². The van der Waals surface area contributed by atoms with E-state index >= 15 is 0 Å². The fourth-order valence-corrected chi connectivity index (χ4v) is 0.776. The average Bonchev–Trinajstić information content (AvgIpc) is 2.11. The molecule has 1 N–H and O–H groups in total. The van der Waals surface area contributed by atoms with Crippen LogP contribution in [0.4, 0.5) is 8.78 Å². The Morgan fingerprint density at radius 1 is 1.60 bits per heavy atom. The van der Waals surface area contributed by atoms with Crippen molar-refractivity contribution in [3.05, 3.63) is 0 Å². The lowest BCUT2D eigenvalue weighted by Gasteiger charge is -2.17. The van der Waals surface area contributed by atoms with Crippen molar-refractivity contribution in [3.63, 3.8) is 0 Å². The van der Waals surface area contributed by atoms with Crippen molar-refractivity contribution >= 4 is 5.91 Å². The van der Waals surface area contributed by atoms with E-state index in [4.69, 9.17) is 5.26 Å². The average molecular weight is 220 g/mol. The van der Waals surface area contributed by atoms with Crippen LogP contribution in [0.15, 0.2) is 0 Å². The summed E-state index contributed by atoms with van der Waals surface area (Å²) in [4.78, 5) is 11.1. The van der Waals surface area contributed by atoms with Crippen molar-refractivity contribution in [2.24, 2.45) is 0 Å². The van der Waals surface area contributed by atoms with E-state index in [9.17, 15) is 13.6 Å². The Bertz CT molecular complexity index is 249. The number of nitrogens with zero attached hydrogens (tertiary/aromatic N) is 1. The summed E-state index contributed by atoms with van der Waals surface area (Å²) < 4.78 is 27.8. The molecule has 86 valence electrons. The molecule has 0 atom stereocenters. The maximum atomic E-state index is 11.6. The monoisotopic (exact) mass is 220 g/mol. The lowest BCUT2D eigenvalue weighted by molar-refractivity contribution is -0.123. The molecule has 1 amide bonds. The van der Waals surface area contributed by atoms with E-state index in [1.807, 2.05) is 6.07 Å². The molecule has 0 saturated heterocycles. The van der Waals surface area contributed by atoms with Gasteiger partial charge in [-0.3, -0.25) is 4.79 Å². The van der Waals surface area contributed by atoms with Gasteiger partial charge in [-0.2, -0.15) is 5.26 Å². The number of amides is 1. The molecule has 0 spiro atoms. The summed E-state index contributed by atoms with van der Waals surface area (Å²) in [6.07, 6.45) is -2.55. The van der Waals surface area contributed by atoms with E-state index in [1.165, 1.54) is 0 Å². The maximum absolute atomic E-state index is 11.6. The standard InChI is InChI=1S/C9H14F2N2O2/c1-9(2,6-12)13-8(14)3-4-15-5-7(10)11/h7H,3-5H2,1-2H3,(H,13,14). The molecule has 0 aliphatic carbocycles. The molecule has 6 heteroatoms. The smallest absolute Gasteiger partial charge is 0.261 e. The van der Waals surface area contributed by atoms with Crippen molar-refractivity contribution in [2.45, 2.75) is 32.2 Å². The summed E-state index contributed by atoms with van der Waals surface area (Å²) in [5.41, 5.74) is -0.945. The number of carbonyl (C=O) groups is 1. The second kappa shape index (κ2) is 6.30. The van der Waals surface area contributed by atoms with Crippen LogP contribution in [0.5, 0.6) is 0 Å². The molecule has 0 aromatic rings. The maximum Gasteiger partial charge on any atom is 0.261 e. The highest BCUT2D eigenvalue weighted by Gasteiger charge is 2.18. The van der Waals surface area contributed by atoms with Crippen LogP contribution in [0.3, 0.4) is 0 Å². The third-order valence-corrected chi connectivity index (χ3v) is 1.45. The van der Waals surface area contributed by atoms with Crippen molar-refractivity contribution in [1.82, 2.24) is 5.32 Å². The first-order valence-electron chi connectivity index (χ1n) is 4.45. The summed E-state index contributed by atoms with van der Waals surface area (Å²) in [5, 5.41) is 11.0. The number of carbonyl (C=O) groups excluding carboxylic acids is 1. The van der Waals surface area contributed by atoms with E-state index in [2.05, 4.69) is 10.1 Å². The molecule has 4 nitrogen and oxygen atoms in total. The largest absolute Gasteiger partial charge is 0.375 e.